The minimum Gasteiger partial charge on any atom is -0.348 e. The van der Waals surface area contributed by atoms with Crippen molar-refractivity contribution in [2.24, 2.45) is 0 Å². The summed E-state index contributed by atoms with van der Waals surface area (Å²) in [5.74, 6) is -0.0242. The normalized spacial score (nSPS) is 11.1. The quantitative estimate of drug-likeness (QED) is 0.454. The van der Waals surface area contributed by atoms with Gasteiger partial charge < -0.3 is 5.32 Å². The fourth-order valence-corrected chi connectivity index (χ4v) is 3.73. The summed E-state index contributed by atoms with van der Waals surface area (Å²) < 4.78 is 3.68. The number of benzene rings is 2. The molecule has 2 aromatic carbocycles. The highest BCUT2D eigenvalue weighted by Gasteiger charge is 2.21. The Morgan fingerprint density at radius 3 is 2.45 bits per heavy atom. The molecule has 2 aromatic heterocycles. The van der Waals surface area contributed by atoms with Crippen molar-refractivity contribution in [3.63, 3.8) is 0 Å². The molecule has 0 radical (unpaired) electrons. The van der Waals surface area contributed by atoms with Crippen molar-refractivity contribution in [2.75, 3.05) is 0 Å². The first-order valence-corrected chi connectivity index (χ1v) is 10.6. The third-order valence-corrected chi connectivity index (χ3v) is 5.37. The molecular weight excluding hydrogens is 410 g/mol. The van der Waals surface area contributed by atoms with Gasteiger partial charge in [-0.3, -0.25) is 9.48 Å². The van der Waals surface area contributed by atoms with Gasteiger partial charge in [0.15, 0.2) is 0 Å². The Hall–Kier alpha value is -3.38. The van der Waals surface area contributed by atoms with Crippen LogP contribution >= 0.6 is 11.6 Å². The van der Waals surface area contributed by atoms with Crippen LogP contribution in [0.5, 0.6) is 0 Å². The maximum Gasteiger partial charge on any atom is 0.255 e. The number of hydrogen-bond acceptors (Lipinski definition) is 3. The van der Waals surface area contributed by atoms with Gasteiger partial charge in [0.25, 0.3) is 5.91 Å². The van der Waals surface area contributed by atoms with E-state index in [9.17, 15) is 4.79 Å². The minimum atomic E-state index is -0.141. The number of carbonyl (C=O) groups excluding carboxylic acids is 1. The largest absolute Gasteiger partial charge is 0.348 e. The zero-order chi connectivity index (χ0) is 21.8. The second kappa shape index (κ2) is 9.18. The average molecular weight is 434 g/mol. The number of rotatable bonds is 7. The average Bonchev–Trinajstić information content (AvgIpc) is 3.43. The van der Waals surface area contributed by atoms with Gasteiger partial charge >= 0.3 is 0 Å². The molecule has 4 rings (SSSR count). The van der Waals surface area contributed by atoms with Crippen molar-refractivity contribution in [1.29, 1.82) is 0 Å². The maximum absolute atomic E-state index is 13.1. The van der Waals surface area contributed by atoms with Crippen LogP contribution < -0.4 is 5.32 Å². The van der Waals surface area contributed by atoms with Crippen molar-refractivity contribution >= 4 is 17.5 Å². The van der Waals surface area contributed by atoms with Crippen LogP contribution in [0.15, 0.2) is 73.2 Å². The number of halogens is 1. The van der Waals surface area contributed by atoms with Crippen molar-refractivity contribution in [3.05, 3.63) is 101 Å². The summed E-state index contributed by atoms with van der Waals surface area (Å²) in [6, 6.07) is 17.4. The highest BCUT2D eigenvalue weighted by Crippen LogP contribution is 2.24. The molecule has 31 heavy (non-hydrogen) atoms. The maximum atomic E-state index is 13.1. The molecule has 0 aliphatic carbocycles. The van der Waals surface area contributed by atoms with Crippen LogP contribution in [0.3, 0.4) is 0 Å². The van der Waals surface area contributed by atoms with Gasteiger partial charge in [-0.15, -0.1) is 0 Å². The van der Waals surface area contributed by atoms with Gasteiger partial charge in [0, 0.05) is 24.0 Å². The van der Waals surface area contributed by atoms with Crippen molar-refractivity contribution < 1.29 is 4.79 Å². The highest BCUT2D eigenvalue weighted by molar-refractivity contribution is 6.30. The van der Waals surface area contributed by atoms with Crippen LogP contribution in [0, 0.1) is 0 Å². The van der Waals surface area contributed by atoms with Gasteiger partial charge in [-0.1, -0.05) is 49.7 Å². The molecule has 6 nitrogen and oxygen atoms in total. The minimum absolute atomic E-state index is 0.117. The van der Waals surface area contributed by atoms with E-state index in [1.165, 1.54) is 0 Å². The molecule has 2 heterocycles. The molecule has 0 atom stereocenters. The molecule has 0 unspecified atom stereocenters. The Bertz CT molecular complexity index is 1160. The summed E-state index contributed by atoms with van der Waals surface area (Å²) >= 11 is 6.01. The first-order chi connectivity index (χ1) is 15.0. The summed E-state index contributed by atoms with van der Waals surface area (Å²) in [4.78, 5) is 13.1. The van der Waals surface area contributed by atoms with Crippen LogP contribution in [0.1, 0.15) is 46.9 Å². The second-order valence-corrected chi connectivity index (χ2v) is 8.08. The van der Waals surface area contributed by atoms with Crippen LogP contribution in [-0.2, 0) is 13.1 Å². The molecule has 0 aliphatic heterocycles. The van der Waals surface area contributed by atoms with Gasteiger partial charge in [0.1, 0.15) is 0 Å². The van der Waals surface area contributed by atoms with E-state index in [1.54, 1.807) is 12.4 Å². The summed E-state index contributed by atoms with van der Waals surface area (Å²) in [5, 5.41) is 12.5. The van der Waals surface area contributed by atoms with Gasteiger partial charge in [0.2, 0.25) is 0 Å². The Morgan fingerprint density at radius 2 is 1.77 bits per heavy atom. The topological polar surface area (TPSA) is 64.7 Å². The van der Waals surface area contributed by atoms with Crippen molar-refractivity contribution in [1.82, 2.24) is 24.9 Å². The summed E-state index contributed by atoms with van der Waals surface area (Å²) in [7, 11) is 0. The van der Waals surface area contributed by atoms with Gasteiger partial charge in [-0.25, -0.2) is 4.68 Å². The summed E-state index contributed by atoms with van der Waals surface area (Å²) in [5.41, 5.74) is 4.49. The lowest BCUT2D eigenvalue weighted by Gasteiger charge is -2.14. The molecule has 0 aliphatic rings. The lowest BCUT2D eigenvalue weighted by Crippen LogP contribution is -2.25. The van der Waals surface area contributed by atoms with Crippen molar-refractivity contribution in [3.8, 4) is 5.69 Å². The highest BCUT2D eigenvalue weighted by atomic mass is 35.5. The van der Waals surface area contributed by atoms with Crippen LogP contribution in [0.4, 0.5) is 0 Å². The van der Waals surface area contributed by atoms with Crippen LogP contribution in [-0.4, -0.2) is 25.5 Å². The molecule has 0 bridgehead atoms. The van der Waals surface area contributed by atoms with E-state index in [2.05, 4.69) is 35.4 Å². The van der Waals surface area contributed by atoms with E-state index in [4.69, 9.17) is 11.6 Å². The molecule has 158 valence electrons. The monoisotopic (exact) mass is 433 g/mol. The molecule has 0 saturated heterocycles. The van der Waals surface area contributed by atoms with Crippen LogP contribution in [0.2, 0.25) is 5.02 Å². The number of nitrogens with zero attached hydrogens (tertiary/aromatic N) is 4. The Labute approximate surface area is 186 Å². The van der Waals surface area contributed by atoms with E-state index in [0.29, 0.717) is 23.7 Å². The predicted molar refractivity (Wildman–Crippen MR) is 122 cm³/mol. The predicted octanol–water partition coefficient (Wildman–Crippen LogP) is 4.82. The van der Waals surface area contributed by atoms with E-state index >= 15 is 0 Å². The molecule has 4 aromatic rings. The van der Waals surface area contributed by atoms with Crippen LogP contribution in [0.25, 0.3) is 5.69 Å². The summed E-state index contributed by atoms with van der Waals surface area (Å²) in [6.07, 6.45) is 5.32. The molecule has 7 heteroatoms. The Kier molecular flexibility index (Phi) is 6.18. The molecule has 0 spiro atoms. The fourth-order valence-electron chi connectivity index (χ4n) is 3.60. The van der Waals surface area contributed by atoms with Crippen molar-refractivity contribution in [2.45, 2.75) is 32.9 Å². The number of hydrogen-bond donors (Lipinski definition) is 1. The zero-order valence-electron chi connectivity index (χ0n) is 17.5. The first-order valence-electron chi connectivity index (χ1n) is 10.2. The second-order valence-electron chi connectivity index (χ2n) is 7.64. The molecule has 0 fully saturated rings. The van der Waals surface area contributed by atoms with E-state index in [-0.39, 0.29) is 11.8 Å². The number of nitrogens with one attached hydrogen (secondary N) is 1. The Morgan fingerprint density at radius 1 is 1.03 bits per heavy atom. The fraction of sp³-hybridized carbons (Fsp3) is 0.208. The van der Waals surface area contributed by atoms with Gasteiger partial charge in [-0.2, -0.15) is 10.2 Å². The number of carbonyl (C=O) groups is 1. The standard InChI is InChI=1S/C24H24ClN5O/c1-17(2)23-22(15-28-30(23)21-10-8-20(25)9-11-21)24(31)26-14-18-6-3-4-7-19(18)16-29-13-5-12-27-29/h3-13,15,17H,14,16H2,1-2H3,(H,26,31). The number of aromatic nitrogens is 4. The van der Waals surface area contributed by atoms with E-state index in [1.807, 2.05) is 64.1 Å². The van der Waals surface area contributed by atoms with Gasteiger partial charge in [0.05, 0.1) is 29.7 Å². The van der Waals surface area contributed by atoms with E-state index in [0.717, 1.165) is 22.5 Å². The molecule has 0 saturated carbocycles. The number of amides is 1. The SMILES string of the molecule is CC(C)c1c(C(=O)NCc2ccccc2Cn2cccn2)cnn1-c1ccc(Cl)cc1. The van der Waals surface area contributed by atoms with E-state index < -0.39 is 0 Å². The third kappa shape index (κ3) is 4.70. The molecule has 1 N–H and O–H groups in total. The Balaban J connectivity index is 1.54. The first kappa shape index (κ1) is 20.9. The summed E-state index contributed by atoms with van der Waals surface area (Å²) in [6.45, 7) is 5.20. The molecule has 1 amide bonds. The zero-order valence-corrected chi connectivity index (χ0v) is 18.3. The lowest BCUT2D eigenvalue weighted by molar-refractivity contribution is 0.0949. The smallest absolute Gasteiger partial charge is 0.255 e. The lowest BCUT2D eigenvalue weighted by atomic mass is 10.0. The molecular formula is C24H24ClN5O. The third-order valence-electron chi connectivity index (χ3n) is 5.12. The van der Waals surface area contributed by atoms with Gasteiger partial charge in [-0.05, 0) is 47.4 Å².